The molecular weight excluding hydrogens is 260 g/mol. The van der Waals surface area contributed by atoms with Gasteiger partial charge < -0.3 is 0 Å². The molecule has 1 heterocycles. The van der Waals surface area contributed by atoms with Gasteiger partial charge in [-0.15, -0.1) is 0 Å². The van der Waals surface area contributed by atoms with E-state index >= 15 is 0 Å². The Morgan fingerprint density at radius 1 is 1.50 bits per heavy atom. The number of rotatable bonds is 0. The summed E-state index contributed by atoms with van der Waals surface area (Å²) in [7, 11) is 0. The molecule has 0 aliphatic carbocycles. The summed E-state index contributed by atoms with van der Waals surface area (Å²) in [6.07, 6.45) is 1.58. The van der Waals surface area contributed by atoms with Crippen LogP contribution in [0.3, 0.4) is 0 Å². The SMILES string of the molecule is N#Cc1ccnc(Br)c1Br. The molecule has 0 bridgehead atoms. The van der Waals surface area contributed by atoms with Gasteiger partial charge >= 0.3 is 0 Å². The van der Waals surface area contributed by atoms with Crippen molar-refractivity contribution in [2.24, 2.45) is 0 Å². The molecular formula is C6H2Br2N2. The van der Waals surface area contributed by atoms with Crippen LogP contribution in [0.15, 0.2) is 21.3 Å². The summed E-state index contributed by atoms with van der Waals surface area (Å²) in [6.45, 7) is 0. The highest BCUT2D eigenvalue weighted by molar-refractivity contribution is 9.13. The van der Waals surface area contributed by atoms with Crippen molar-refractivity contribution in [3.63, 3.8) is 0 Å². The second kappa shape index (κ2) is 3.13. The highest BCUT2D eigenvalue weighted by atomic mass is 79.9. The topological polar surface area (TPSA) is 36.7 Å². The lowest BCUT2D eigenvalue weighted by atomic mass is 10.3. The van der Waals surface area contributed by atoms with Gasteiger partial charge in [0.15, 0.2) is 0 Å². The van der Waals surface area contributed by atoms with Crippen LogP contribution >= 0.6 is 31.9 Å². The van der Waals surface area contributed by atoms with E-state index in [2.05, 4.69) is 36.8 Å². The lowest BCUT2D eigenvalue weighted by molar-refractivity contribution is 1.24. The lowest BCUT2D eigenvalue weighted by Crippen LogP contribution is -1.81. The van der Waals surface area contributed by atoms with Crippen LogP contribution in [0.5, 0.6) is 0 Å². The van der Waals surface area contributed by atoms with Crippen molar-refractivity contribution in [1.82, 2.24) is 4.98 Å². The average Bonchev–Trinajstić information content (AvgIpc) is 1.95. The first-order chi connectivity index (χ1) is 4.75. The molecule has 0 aliphatic rings. The number of nitrogens with zero attached hydrogens (tertiary/aromatic N) is 2. The van der Waals surface area contributed by atoms with Crippen molar-refractivity contribution in [1.29, 1.82) is 5.26 Å². The summed E-state index contributed by atoms with van der Waals surface area (Å²) >= 11 is 6.39. The molecule has 2 nitrogen and oxygen atoms in total. The summed E-state index contributed by atoms with van der Waals surface area (Å²) in [5.41, 5.74) is 0.585. The zero-order chi connectivity index (χ0) is 7.56. The minimum atomic E-state index is 0.585. The molecule has 1 rings (SSSR count). The Bertz CT molecular complexity index is 290. The minimum Gasteiger partial charge on any atom is -0.248 e. The maximum absolute atomic E-state index is 8.51. The number of nitriles is 1. The fourth-order valence-electron chi connectivity index (χ4n) is 0.505. The van der Waals surface area contributed by atoms with Crippen molar-refractivity contribution in [2.45, 2.75) is 0 Å². The van der Waals surface area contributed by atoms with Crippen LogP contribution in [-0.2, 0) is 0 Å². The highest BCUT2D eigenvalue weighted by Crippen LogP contribution is 2.23. The maximum Gasteiger partial charge on any atom is 0.121 e. The summed E-state index contributed by atoms with van der Waals surface area (Å²) in [5, 5.41) is 8.51. The Morgan fingerprint density at radius 3 is 2.70 bits per heavy atom. The van der Waals surface area contributed by atoms with Gasteiger partial charge in [0.25, 0.3) is 0 Å². The molecule has 4 heteroatoms. The van der Waals surface area contributed by atoms with Gasteiger partial charge in [-0.3, -0.25) is 0 Å². The van der Waals surface area contributed by atoms with Crippen LogP contribution in [0.2, 0.25) is 0 Å². The second-order valence-corrected chi connectivity index (χ2v) is 3.12. The number of pyridine rings is 1. The molecule has 0 saturated heterocycles. The summed E-state index contributed by atoms with van der Waals surface area (Å²) in [4.78, 5) is 3.91. The molecule has 0 amide bonds. The van der Waals surface area contributed by atoms with E-state index in [-0.39, 0.29) is 0 Å². The molecule has 0 radical (unpaired) electrons. The van der Waals surface area contributed by atoms with E-state index in [4.69, 9.17) is 5.26 Å². The molecule has 0 aliphatic heterocycles. The van der Waals surface area contributed by atoms with Crippen LogP contribution in [0.1, 0.15) is 5.56 Å². The highest BCUT2D eigenvalue weighted by Gasteiger charge is 2.01. The van der Waals surface area contributed by atoms with E-state index in [1.807, 2.05) is 6.07 Å². The van der Waals surface area contributed by atoms with E-state index in [9.17, 15) is 0 Å². The van der Waals surface area contributed by atoms with Crippen LogP contribution < -0.4 is 0 Å². The van der Waals surface area contributed by atoms with Gasteiger partial charge in [0.2, 0.25) is 0 Å². The normalized spacial score (nSPS) is 8.90. The molecule has 0 aromatic carbocycles. The standard InChI is InChI=1S/C6H2Br2N2/c7-5-4(3-9)1-2-10-6(5)8/h1-2H. The first kappa shape index (κ1) is 7.70. The third-order valence-electron chi connectivity index (χ3n) is 0.967. The average molecular weight is 262 g/mol. The van der Waals surface area contributed by atoms with Crippen molar-refractivity contribution < 1.29 is 0 Å². The monoisotopic (exact) mass is 260 g/mol. The van der Waals surface area contributed by atoms with Crippen LogP contribution in [0, 0.1) is 11.3 Å². The van der Waals surface area contributed by atoms with Crippen LogP contribution in [0.4, 0.5) is 0 Å². The molecule has 0 fully saturated rings. The van der Waals surface area contributed by atoms with Gasteiger partial charge in [-0.05, 0) is 37.9 Å². The second-order valence-electron chi connectivity index (χ2n) is 1.58. The minimum absolute atomic E-state index is 0.585. The maximum atomic E-state index is 8.51. The van der Waals surface area contributed by atoms with Crippen molar-refractivity contribution in [3.05, 3.63) is 26.9 Å². The van der Waals surface area contributed by atoms with E-state index in [1.165, 1.54) is 0 Å². The molecule has 1 aromatic heterocycles. The Kier molecular flexibility index (Phi) is 2.41. The van der Waals surface area contributed by atoms with Gasteiger partial charge in [-0.25, -0.2) is 4.98 Å². The zero-order valence-corrected chi connectivity index (χ0v) is 7.98. The summed E-state index contributed by atoms with van der Waals surface area (Å²) in [6, 6.07) is 3.67. The summed E-state index contributed by atoms with van der Waals surface area (Å²) in [5.74, 6) is 0. The fourth-order valence-corrected chi connectivity index (χ4v) is 1.16. The number of aromatic nitrogens is 1. The largest absolute Gasteiger partial charge is 0.248 e. The van der Waals surface area contributed by atoms with Crippen molar-refractivity contribution in [2.75, 3.05) is 0 Å². The van der Waals surface area contributed by atoms with Gasteiger partial charge in [-0.2, -0.15) is 5.26 Å². The predicted octanol–water partition coefficient (Wildman–Crippen LogP) is 2.48. The predicted molar refractivity (Wildman–Crippen MR) is 44.4 cm³/mol. The van der Waals surface area contributed by atoms with Gasteiger partial charge in [-0.1, -0.05) is 0 Å². The van der Waals surface area contributed by atoms with E-state index in [0.29, 0.717) is 14.6 Å². The third-order valence-corrected chi connectivity index (χ3v) is 2.90. The van der Waals surface area contributed by atoms with E-state index in [0.717, 1.165) is 0 Å². The van der Waals surface area contributed by atoms with Crippen LogP contribution in [-0.4, -0.2) is 4.98 Å². The smallest absolute Gasteiger partial charge is 0.121 e. The van der Waals surface area contributed by atoms with Gasteiger partial charge in [0.05, 0.1) is 10.0 Å². The molecule has 1 aromatic rings. The zero-order valence-electron chi connectivity index (χ0n) is 4.81. The van der Waals surface area contributed by atoms with Crippen molar-refractivity contribution in [3.8, 4) is 6.07 Å². The van der Waals surface area contributed by atoms with E-state index in [1.54, 1.807) is 12.3 Å². The molecule has 0 unspecified atom stereocenters. The molecule has 0 spiro atoms. The molecule has 10 heavy (non-hydrogen) atoms. The Balaban J connectivity index is 3.31. The molecule has 0 atom stereocenters. The summed E-state index contributed by atoms with van der Waals surface area (Å²) < 4.78 is 1.36. The quantitative estimate of drug-likeness (QED) is 0.673. The first-order valence-corrected chi connectivity index (χ1v) is 4.04. The number of halogens is 2. The van der Waals surface area contributed by atoms with Gasteiger partial charge in [0, 0.05) is 6.20 Å². The number of hydrogen-bond donors (Lipinski definition) is 0. The third kappa shape index (κ3) is 1.36. The number of hydrogen-bond acceptors (Lipinski definition) is 2. The Morgan fingerprint density at radius 2 is 2.20 bits per heavy atom. The molecule has 50 valence electrons. The van der Waals surface area contributed by atoms with E-state index < -0.39 is 0 Å². The first-order valence-electron chi connectivity index (χ1n) is 2.46. The fraction of sp³-hybridized carbons (Fsp3) is 0. The molecule has 0 N–H and O–H groups in total. The lowest BCUT2D eigenvalue weighted by Gasteiger charge is -1.94. The van der Waals surface area contributed by atoms with Gasteiger partial charge in [0.1, 0.15) is 10.7 Å². The molecule has 0 saturated carbocycles. The Hall–Kier alpha value is -0.400. The van der Waals surface area contributed by atoms with Crippen molar-refractivity contribution >= 4 is 31.9 Å². The Labute approximate surface area is 75.1 Å². The van der Waals surface area contributed by atoms with Crippen LogP contribution in [0.25, 0.3) is 0 Å².